The first kappa shape index (κ1) is 7.39. The lowest BCUT2D eigenvalue weighted by Crippen LogP contribution is -2.06. The first-order valence-corrected chi connectivity index (χ1v) is 4.17. The van der Waals surface area contributed by atoms with E-state index in [4.69, 9.17) is 12.2 Å². The lowest BCUT2D eigenvalue weighted by Gasteiger charge is -2.06. The van der Waals surface area contributed by atoms with Gasteiger partial charge in [-0.1, -0.05) is 18.1 Å². The molecule has 12 heavy (non-hydrogen) atoms. The van der Waals surface area contributed by atoms with Gasteiger partial charge in [0.2, 0.25) is 0 Å². The van der Waals surface area contributed by atoms with E-state index in [-0.39, 0.29) is 6.04 Å². The Morgan fingerprint density at radius 1 is 1.50 bits per heavy atom. The molecule has 2 rings (SSSR count). The van der Waals surface area contributed by atoms with Crippen LogP contribution in [0.2, 0.25) is 0 Å². The molecule has 1 aliphatic rings. The van der Waals surface area contributed by atoms with Crippen LogP contribution in [0.5, 0.6) is 0 Å². The number of nitrogens with two attached hydrogens (primary N) is 1. The van der Waals surface area contributed by atoms with Gasteiger partial charge in [-0.15, -0.1) is 6.42 Å². The molecule has 0 saturated heterocycles. The zero-order chi connectivity index (χ0) is 8.55. The first-order chi connectivity index (χ1) is 5.83. The second-order valence-corrected chi connectivity index (χ2v) is 3.17. The second-order valence-electron chi connectivity index (χ2n) is 3.17. The van der Waals surface area contributed by atoms with Gasteiger partial charge in [0.15, 0.2) is 0 Å². The number of aryl methyl sites for hydroxylation is 1. The predicted molar refractivity (Wildman–Crippen MR) is 49.6 cm³/mol. The van der Waals surface area contributed by atoms with Crippen molar-refractivity contribution >= 4 is 0 Å². The van der Waals surface area contributed by atoms with E-state index in [1.807, 2.05) is 12.1 Å². The summed E-state index contributed by atoms with van der Waals surface area (Å²) in [6.07, 6.45) is 7.49. The standard InChI is InChI=1S/C11H11N/c1-2-8-4-3-5-9-6-7-10(12)11(8)9/h1,3-5,10H,6-7,12H2/t10-/m1/s1. The minimum atomic E-state index is 0.159. The van der Waals surface area contributed by atoms with Crippen LogP contribution in [0.3, 0.4) is 0 Å². The maximum atomic E-state index is 5.93. The van der Waals surface area contributed by atoms with Crippen LogP contribution in [0.1, 0.15) is 29.2 Å². The molecule has 1 aromatic carbocycles. The first-order valence-electron chi connectivity index (χ1n) is 4.17. The molecule has 0 heterocycles. The van der Waals surface area contributed by atoms with E-state index in [1.165, 1.54) is 11.1 Å². The average Bonchev–Trinajstić information content (AvgIpc) is 2.48. The highest BCUT2D eigenvalue weighted by molar-refractivity contribution is 5.48. The highest BCUT2D eigenvalue weighted by atomic mass is 14.6. The van der Waals surface area contributed by atoms with Crippen molar-refractivity contribution in [2.75, 3.05) is 0 Å². The third kappa shape index (κ3) is 0.929. The largest absolute Gasteiger partial charge is 0.324 e. The summed E-state index contributed by atoms with van der Waals surface area (Å²) in [4.78, 5) is 0. The van der Waals surface area contributed by atoms with Gasteiger partial charge in [-0.3, -0.25) is 0 Å². The molecule has 1 heteroatoms. The molecule has 60 valence electrons. The Labute approximate surface area is 72.6 Å². The van der Waals surface area contributed by atoms with Gasteiger partial charge in [0.1, 0.15) is 0 Å². The molecule has 0 aromatic heterocycles. The van der Waals surface area contributed by atoms with E-state index < -0.39 is 0 Å². The Balaban J connectivity index is 2.62. The van der Waals surface area contributed by atoms with Gasteiger partial charge < -0.3 is 5.73 Å². The Hall–Kier alpha value is -1.26. The van der Waals surface area contributed by atoms with Crippen LogP contribution in [-0.4, -0.2) is 0 Å². The second kappa shape index (κ2) is 2.66. The molecule has 1 aromatic rings. The zero-order valence-electron chi connectivity index (χ0n) is 6.88. The molecule has 0 fully saturated rings. The van der Waals surface area contributed by atoms with Gasteiger partial charge in [0.05, 0.1) is 0 Å². The van der Waals surface area contributed by atoms with Crippen molar-refractivity contribution in [1.82, 2.24) is 0 Å². The third-order valence-electron chi connectivity index (χ3n) is 2.45. The zero-order valence-corrected chi connectivity index (χ0v) is 6.88. The molecule has 0 saturated carbocycles. The summed E-state index contributed by atoms with van der Waals surface area (Å²) in [5.41, 5.74) is 9.42. The SMILES string of the molecule is C#Cc1cccc2c1[C@H](N)CC2. The normalized spacial score (nSPS) is 20.2. The lowest BCUT2D eigenvalue weighted by molar-refractivity contribution is 0.712. The van der Waals surface area contributed by atoms with Crippen LogP contribution in [0.25, 0.3) is 0 Å². The maximum Gasteiger partial charge on any atom is 0.0313 e. The summed E-state index contributed by atoms with van der Waals surface area (Å²) in [6, 6.07) is 6.24. The summed E-state index contributed by atoms with van der Waals surface area (Å²) >= 11 is 0. The third-order valence-corrected chi connectivity index (χ3v) is 2.45. The van der Waals surface area contributed by atoms with Crippen molar-refractivity contribution in [3.63, 3.8) is 0 Å². The van der Waals surface area contributed by atoms with Gasteiger partial charge in [-0.25, -0.2) is 0 Å². The summed E-state index contributed by atoms with van der Waals surface area (Å²) < 4.78 is 0. The van der Waals surface area contributed by atoms with Crippen LogP contribution in [0, 0.1) is 12.3 Å². The van der Waals surface area contributed by atoms with E-state index in [0.29, 0.717) is 0 Å². The number of hydrogen-bond donors (Lipinski definition) is 1. The highest BCUT2D eigenvalue weighted by Crippen LogP contribution is 2.31. The minimum absolute atomic E-state index is 0.159. The van der Waals surface area contributed by atoms with Crippen LogP contribution in [-0.2, 0) is 6.42 Å². The van der Waals surface area contributed by atoms with Crippen molar-refractivity contribution in [2.24, 2.45) is 5.73 Å². The molecule has 1 aliphatic carbocycles. The van der Waals surface area contributed by atoms with Gasteiger partial charge >= 0.3 is 0 Å². The van der Waals surface area contributed by atoms with Crippen LogP contribution >= 0.6 is 0 Å². The molecule has 0 bridgehead atoms. The van der Waals surface area contributed by atoms with Crippen molar-refractivity contribution < 1.29 is 0 Å². The summed E-state index contributed by atoms with van der Waals surface area (Å²) in [6.45, 7) is 0. The average molecular weight is 157 g/mol. The number of fused-ring (bicyclic) bond motifs is 1. The van der Waals surface area contributed by atoms with Gasteiger partial charge in [-0.05, 0) is 30.0 Å². The van der Waals surface area contributed by atoms with E-state index >= 15 is 0 Å². The minimum Gasteiger partial charge on any atom is -0.324 e. The van der Waals surface area contributed by atoms with Crippen molar-refractivity contribution in [3.8, 4) is 12.3 Å². The topological polar surface area (TPSA) is 26.0 Å². The van der Waals surface area contributed by atoms with E-state index in [2.05, 4.69) is 12.0 Å². The van der Waals surface area contributed by atoms with Crippen molar-refractivity contribution in [1.29, 1.82) is 0 Å². The Morgan fingerprint density at radius 2 is 2.33 bits per heavy atom. The Kier molecular flexibility index (Phi) is 1.64. The van der Waals surface area contributed by atoms with Crippen molar-refractivity contribution in [3.05, 3.63) is 34.9 Å². The molecular weight excluding hydrogens is 146 g/mol. The molecular formula is C11H11N. The number of terminal acetylenes is 1. The molecule has 1 atom stereocenters. The van der Waals surface area contributed by atoms with E-state index in [9.17, 15) is 0 Å². The van der Waals surface area contributed by atoms with E-state index in [0.717, 1.165) is 18.4 Å². The highest BCUT2D eigenvalue weighted by Gasteiger charge is 2.20. The molecule has 0 aliphatic heterocycles. The number of benzene rings is 1. The lowest BCUT2D eigenvalue weighted by atomic mass is 10.0. The summed E-state index contributed by atoms with van der Waals surface area (Å²) in [5, 5.41) is 0. The van der Waals surface area contributed by atoms with Crippen LogP contribution in [0.15, 0.2) is 18.2 Å². The number of hydrogen-bond acceptors (Lipinski definition) is 1. The quantitative estimate of drug-likeness (QED) is 0.569. The fraction of sp³-hybridized carbons (Fsp3) is 0.273. The fourth-order valence-electron chi connectivity index (χ4n) is 1.85. The number of rotatable bonds is 0. The summed E-state index contributed by atoms with van der Waals surface area (Å²) in [5.74, 6) is 2.68. The monoisotopic (exact) mass is 157 g/mol. The molecule has 1 nitrogen and oxygen atoms in total. The fourth-order valence-corrected chi connectivity index (χ4v) is 1.85. The van der Waals surface area contributed by atoms with Gasteiger partial charge in [0.25, 0.3) is 0 Å². The molecule has 2 N–H and O–H groups in total. The maximum absolute atomic E-state index is 5.93. The Bertz CT molecular complexity index is 347. The molecule has 0 unspecified atom stereocenters. The van der Waals surface area contributed by atoms with Gasteiger partial charge in [0, 0.05) is 11.6 Å². The Morgan fingerprint density at radius 3 is 3.08 bits per heavy atom. The van der Waals surface area contributed by atoms with Crippen LogP contribution < -0.4 is 5.73 Å². The molecule has 0 spiro atoms. The van der Waals surface area contributed by atoms with Crippen molar-refractivity contribution in [2.45, 2.75) is 18.9 Å². The van der Waals surface area contributed by atoms with E-state index in [1.54, 1.807) is 0 Å². The predicted octanol–water partition coefficient (Wildman–Crippen LogP) is 1.61. The summed E-state index contributed by atoms with van der Waals surface area (Å²) in [7, 11) is 0. The molecule has 0 amide bonds. The van der Waals surface area contributed by atoms with Gasteiger partial charge in [-0.2, -0.15) is 0 Å². The van der Waals surface area contributed by atoms with Crippen LogP contribution in [0.4, 0.5) is 0 Å². The molecule has 0 radical (unpaired) electrons. The smallest absolute Gasteiger partial charge is 0.0313 e.